The Morgan fingerprint density at radius 3 is 1.95 bits per heavy atom. The summed E-state index contributed by atoms with van der Waals surface area (Å²) in [5, 5.41) is 9.02. The van der Waals surface area contributed by atoms with Gasteiger partial charge in [-0.2, -0.15) is 5.26 Å². The van der Waals surface area contributed by atoms with E-state index in [4.69, 9.17) is 5.26 Å². The van der Waals surface area contributed by atoms with E-state index in [0.29, 0.717) is 5.92 Å². The topological polar surface area (TPSA) is 23.8 Å². The lowest BCUT2D eigenvalue weighted by Gasteiger charge is -2.37. The molecule has 2 rings (SSSR count). The molecule has 2 aliphatic carbocycles. The zero-order valence-electron chi connectivity index (χ0n) is 14.3. The monoisotopic (exact) mass is 289 g/mol. The number of nitriles is 1. The van der Waals surface area contributed by atoms with Crippen molar-refractivity contribution >= 4 is 0 Å². The molecule has 0 spiro atoms. The number of hydrogen-bond acceptors (Lipinski definition) is 1. The summed E-state index contributed by atoms with van der Waals surface area (Å²) >= 11 is 0. The summed E-state index contributed by atoms with van der Waals surface area (Å²) in [4.78, 5) is 0. The second kappa shape index (κ2) is 8.82. The number of hydrogen-bond donors (Lipinski definition) is 0. The van der Waals surface area contributed by atoms with Crippen molar-refractivity contribution < 1.29 is 0 Å². The Balaban J connectivity index is 1.70. The third-order valence-corrected chi connectivity index (χ3v) is 6.45. The van der Waals surface area contributed by atoms with E-state index < -0.39 is 0 Å². The fourth-order valence-electron chi connectivity index (χ4n) is 4.98. The third-order valence-electron chi connectivity index (χ3n) is 6.45. The SMILES string of the molecule is CCCC(CC)CC1CCC(C2CCC(C#N)CC2)CC1. The maximum Gasteiger partial charge on any atom is 0.0655 e. The van der Waals surface area contributed by atoms with Gasteiger partial charge in [0.25, 0.3) is 0 Å². The van der Waals surface area contributed by atoms with Gasteiger partial charge in [-0.3, -0.25) is 0 Å². The van der Waals surface area contributed by atoms with E-state index in [9.17, 15) is 0 Å². The first kappa shape index (κ1) is 16.9. The maximum absolute atomic E-state index is 9.02. The van der Waals surface area contributed by atoms with Gasteiger partial charge < -0.3 is 0 Å². The third kappa shape index (κ3) is 5.01. The Labute approximate surface area is 132 Å². The number of nitrogens with zero attached hydrogens (tertiary/aromatic N) is 1. The summed E-state index contributed by atoms with van der Waals surface area (Å²) in [6.07, 6.45) is 16.6. The van der Waals surface area contributed by atoms with E-state index in [1.54, 1.807) is 0 Å². The van der Waals surface area contributed by atoms with Crippen molar-refractivity contribution in [1.29, 1.82) is 5.26 Å². The Morgan fingerprint density at radius 1 is 0.905 bits per heavy atom. The molecule has 0 aromatic rings. The second-order valence-corrected chi connectivity index (χ2v) is 7.82. The number of rotatable bonds is 6. The molecule has 21 heavy (non-hydrogen) atoms. The van der Waals surface area contributed by atoms with Crippen molar-refractivity contribution in [3.8, 4) is 6.07 Å². The van der Waals surface area contributed by atoms with Crippen molar-refractivity contribution in [1.82, 2.24) is 0 Å². The highest BCUT2D eigenvalue weighted by Crippen LogP contribution is 2.42. The molecule has 0 aliphatic heterocycles. The van der Waals surface area contributed by atoms with Crippen LogP contribution in [-0.4, -0.2) is 0 Å². The van der Waals surface area contributed by atoms with Crippen LogP contribution in [0.15, 0.2) is 0 Å². The van der Waals surface area contributed by atoms with Crippen LogP contribution in [0, 0.1) is 40.9 Å². The van der Waals surface area contributed by atoms with Crippen LogP contribution in [0.5, 0.6) is 0 Å². The van der Waals surface area contributed by atoms with Gasteiger partial charge in [0.1, 0.15) is 0 Å². The molecule has 2 aliphatic rings. The summed E-state index contributed by atoms with van der Waals surface area (Å²) < 4.78 is 0. The lowest BCUT2D eigenvalue weighted by molar-refractivity contribution is 0.144. The predicted molar refractivity (Wildman–Crippen MR) is 89.8 cm³/mol. The Kier molecular flexibility index (Phi) is 7.08. The van der Waals surface area contributed by atoms with E-state index in [-0.39, 0.29) is 0 Å². The average molecular weight is 290 g/mol. The van der Waals surface area contributed by atoms with E-state index in [1.807, 2.05) is 0 Å². The Bertz CT molecular complexity index is 313. The minimum atomic E-state index is 0.372. The molecule has 1 heteroatoms. The molecular formula is C20H35N. The molecule has 0 saturated heterocycles. The predicted octanol–water partition coefficient (Wildman–Crippen LogP) is 6.34. The molecule has 1 unspecified atom stereocenters. The molecule has 0 heterocycles. The summed E-state index contributed by atoms with van der Waals surface area (Å²) in [7, 11) is 0. The molecule has 0 N–H and O–H groups in total. The van der Waals surface area contributed by atoms with E-state index in [1.165, 1.54) is 77.0 Å². The highest BCUT2D eigenvalue weighted by Gasteiger charge is 2.31. The summed E-state index contributed by atoms with van der Waals surface area (Å²) in [5.41, 5.74) is 0. The molecule has 2 saturated carbocycles. The second-order valence-electron chi connectivity index (χ2n) is 7.82. The van der Waals surface area contributed by atoms with Crippen LogP contribution in [-0.2, 0) is 0 Å². The summed E-state index contributed by atoms with van der Waals surface area (Å²) in [5.74, 6) is 4.33. The molecule has 2 fully saturated rings. The van der Waals surface area contributed by atoms with Gasteiger partial charge in [-0.05, 0) is 68.6 Å². The molecule has 1 atom stereocenters. The Morgan fingerprint density at radius 2 is 1.48 bits per heavy atom. The van der Waals surface area contributed by atoms with Crippen LogP contribution in [0.4, 0.5) is 0 Å². The van der Waals surface area contributed by atoms with Gasteiger partial charge in [-0.15, -0.1) is 0 Å². The van der Waals surface area contributed by atoms with Crippen LogP contribution in [0.1, 0.15) is 90.9 Å². The van der Waals surface area contributed by atoms with Gasteiger partial charge in [0, 0.05) is 5.92 Å². The molecule has 0 amide bonds. The minimum absolute atomic E-state index is 0.372. The van der Waals surface area contributed by atoms with E-state index in [2.05, 4.69) is 19.9 Å². The highest BCUT2D eigenvalue weighted by atomic mass is 14.4. The van der Waals surface area contributed by atoms with Gasteiger partial charge in [0.2, 0.25) is 0 Å². The maximum atomic E-state index is 9.02. The fourth-order valence-corrected chi connectivity index (χ4v) is 4.98. The van der Waals surface area contributed by atoms with Crippen LogP contribution in [0.25, 0.3) is 0 Å². The minimum Gasteiger partial charge on any atom is -0.198 e. The summed E-state index contributed by atoms with van der Waals surface area (Å²) in [6, 6.07) is 2.47. The Hall–Kier alpha value is -0.510. The van der Waals surface area contributed by atoms with E-state index >= 15 is 0 Å². The standard InChI is InChI=1S/C20H35N/c1-3-5-16(4-2)14-17-6-10-19(11-7-17)20-12-8-18(15-21)9-13-20/h16-20H,3-14H2,1-2H3. The molecule has 0 bridgehead atoms. The first-order chi connectivity index (χ1) is 10.3. The highest BCUT2D eigenvalue weighted by molar-refractivity contribution is 4.89. The zero-order chi connectivity index (χ0) is 15.1. The lowest BCUT2D eigenvalue weighted by Crippen LogP contribution is -2.26. The van der Waals surface area contributed by atoms with Crippen LogP contribution in [0.2, 0.25) is 0 Å². The van der Waals surface area contributed by atoms with Gasteiger partial charge in [0.05, 0.1) is 6.07 Å². The first-order valence-electron chi connectivity index (χ1n) is 9.66. The normalized spacial score (nSPS) is 35.1. The van der Waals surface area contributed by atoms with E-state index in [0.717, 1.165) is 23.7 Å². The van der Waals surface area contributed by atoms with Crippen molar-refractivity contribution in [2.75, 3.05) is 0 Å². The largest absolute Gasteiger partial charge is 0.198 e. The molecule has 0 radical (unpaired) electrons. The van der Waals surface area contributed by atoms with Gasteiger partial charge in [-0.1, -0.05) is 46.0 Å². The van der Waals surface area contributed by atoms with Crippen LogP contribution in [0.3, 0.4) is 0 Å². The van der Waals surface area contributed by atoms with Crippen molar-refractivity contribution in [3.63, 3.8) is 0 Å². The van der Waals surface area contributed by atoms with Crippen molar-refractivity contribution in [2.45, 2.75) is 90.9 Å². The summed E-state index contributed by atoms with van der Waals surface area (Å²) in [6.45, 7) is 4.71. The van der Waals surface area contributed by atoms with Gasteiger partial charge >= 0.3 is 0 Å². The molecule has 0 aromatic carbocycles. The van der Waals surface area contributed by atoms with Crippen LogP contribution < -0.4 is 0 Å². The fraction of sp³-hybridized carbons (Fsp3) is 0.950. The van der Waals surface area contributed by atoms with Gasteiger partial charge in [0.15, 0.2) is 0 Å². The molecule has 1 nitrogen and oxygen atoms in total. The molecule has 0 aromatic heterocycles. The average Bonchev–Trinajstić information content (AvgIpc) is 2.55. The molecular weight excluding hydrogens is 254 g/mol. The lowest BCUT2D eigenvalue weighted by atomic mass is 9.68. The zero-order valence-corrected chi connectivity index (χ0v) is 14.3. The quantitative estimate of drug-likeness (QED) is 0.559. The molecule has 120 valence electrons. The smallest absolute Gasteiger partial charge is 0.0655 e. The van der Waals surface area contributed by atoms with Crippen molar-refractivity contribution in [2.24, 2.45) is 29.6 Å². The van der Waals surface area contributed by atoms with Gasteiger partial charge in [-0.25, -0.2) is 0 Å². The first-order valence-corrected chi connectivity index (χ1v) is 9.66. The van der Waals surface area contributed by atoms with Crippen LogP contribution >= 0.6 is 0 Å². The van der Waals surface area contributed by atoms with Crippen molar-refractivity contribution in [3.05, 3.63) is 0 Å².